The third-order valence-electron chi connectivity index (χ3n) is 3.53. The summed E-state index contributed by atoms with van der Waals surface area (Å²) in [7, 11) is -3.79. The molecule has 118 valence electrons. The van der Waals surface area contributed by atoms with Gasteiger partial charge in [0.25, 0.3) is 10.1 Å². The number of aryl methyl sites for hydroxylation is 1. The number of aliphatic hydroxyl groups is 1. The van der Waals surface area contributed by atoms with Crippen LogP contribution in [0.1, 0.15) is 24.5 Å². The van der Waals surface area contributed by atoms with E-state index in [1.165, 1.54) is 12.1 Å². The predicted octanol–water partition coefficient (Wildman–Crippen LogP) is 3.00. The highest BCUT2D eigenvalue weighted by atomic mass is 32.2. The maximum atomic E-state index is 12.1. The highest BCUT2D eigenvalue weighted by Gasteiger charge is 2.24. The summed E-state index contributed by atoms with van der Waals surface area (Å²) in [5.74, 6) is 0. The molecule has 0 bridgehead atoms. The van der Waals surface area contributed by atoms with Gasteiger partial charge in [-0.2, -0.15) is 8.42 Å². The average molecular weight is 320 g/mol. The average Bonchev–Trinajstić information content (AvgIpc) is 2.48. The zero-order valence-corrected chi connectivity index (χ0v) is 13.5. The Labute approximate surface area is 131 Å². The fourth-order valence-corrected chi connectivity index (χ4v) is 2.97. The molecule has 0 radical (unpaired) electrons. The van der Waals surface area contributed by atoms with E-state index in [-0.39, 0.29) is 17.9 Å². The van der Waals surface area contributed by atoms with Crippen molar-refractivity contribution in [2.75, 3.05) is 6.61 Å². The molecule has 0 saturated heterocycles. The van der Waals surface area contributed by atoms with Crippen molar-refractivity contribution < 1.29 is 17.7 Å². The van der Waals surface area contributed by atoms with E-state index in [1.807, 2.05) is 25.1 Å². The van der Waals surface area contributed by atoms with Crippen LogP contribution in [0.5, 0.6) is 0 Å². The monoisotopic (exact) mass is 320 g/mol. The van der Waals surface area contributed by atoms with Crippen molar-refractivity contribution in [1.29, 1.82) is 0 Å². The second-order valence-electron chi connectivity index (χ2n) is 5.48. The minimum Gasteiger partial charge on any atom is -0.385 e. The Kier molecular flexibility index (Phi) is 5.01. The van der Waals surface area contributed by atoms with Gasteiger partial charge in [0.05, 0.1) is 17.1 Å². The minimum absolute atomic E-state index is 0.0852. The number of benzene rings is 2. The summed E-state index contributed by atoms with van der Waals surface area (Å²) in [6.07, 6.45) is 0.183. The molecule has 22 heavy (non-hydrogen) atoms. The van der Waals surface area contributed by atoms with E-state index in [2.05, 4.69) is 0 Å². The quantitative estimate of drug-likeness (QED) is 0.831. The second kappa shape index (κ2) is 6.60. The molecule has 0 aliphatic rings. The van der Waals surface area contributed by atoms with Gasteiger partial charge in [-0.3, -0.25) is 4.18 Å². The van der Waals surface area contributed by atoms with Gasteiger partial charge in [0, 0.05) is 6.42 Å². The summed E-state index contributed by atoms with van der Waals surface area (Å²) >= 11 is 0. The predicted molar refractivity (Wildman–Crippen MR) is 84.9 cm³/mol. The van der Waals surface area contributed by atoms with Crippen molar-refractivity contribution in [1.82, 2.24) is 0 Å². The molecular formula is C17H20O4S. The molecule has 4 nitrogen and oxygen atoms in total. The van der Waals surface area contributed by atoms with E-state index in [0.717, 1.165) is 11.1 Å². The van der Waals surface area contributed by atoms with E-state index < -0.39 is 15.7 Å². The highest BCUT2D eigenvalue weighted by Crippen LogP contribution is 2.25. The van der Waals surface area contributed by atoms with E-state index in [9.17, 15) is 13.5 Å². The first-order valence-electron chi connectivity index (χ1n) is 7.05. The molecule has 0 unspecified atom stereocenters. The highest BCUT2D eigenvalue weighted by molar-refractivity contribution is 7.86. The molecule has 1 atom stereocenters. The zero-order chi connectivity index (χ0) is 16.2. The van der Waals surface area contributed by atoms with E-state index in [1.54, 1.807) is 31.2 Å². The normalized spacial score (nSPS) is 14.5. The van der Waals surface area contributed by atoms with Crippen molar-refractivity contribution in [3.63, 3.8) is 0 Å². The fourth-order valence-electron chi connectivity index (χ4n) is 2.06. The molecule has 0 saturated carbocycles. The van der Waals surface area contributed by atoms with Crippen molar-refractivity contribution in [3.8, 4) is 0 Å². The maximum absolute atomic E-state index is 12.1. The van der Waals surface area contributed by atoms with Gasteiger partial charge in [-0.1, -0.05) is 48.0 Å². The molecule has 0 aliphatic carbocycles. The van der Waals surface area contributed by atoms with Crippen molar-refractivity contribution >= 4 is 10.1 Å². The lowest BCUT2D eigenvalue weighted by molar-refractivity contribution is 0.0343. The third-order valence-corrected chi connectivity index (χ3v) is 4.86. The molecule has 1 N–H and O–H groups in total. The number of rotatable bonds is 6. The standard InChI is InChI=1S/C17H20O4S/c1-14-8-10-16(11-9-14)22(19,20)21-13-12-17(2,18)15-6-4-3-5-7-15/h3-11,18H,12-13H2,1-2H3/t17-/m1/s1. The molecule has 2 aromatic rings. The number of hydrogen-bond acceptors (Lipinski definition) is 4. The van der Waals surface area contributed by atoms with Crippen LogP contribution < -0.4 is 0 Å². The summed E-state index contributed by atoms with van der Waals surface area (Å²) in [6, 6.07) is 15.6. The Bertz CT molecular complexity index is 704. The van der Waals surface area contributed by atoms with Crippen LogP contribution in [0.15, 0.2) is 59.5 Å². The largest absolute Gasteiger partial charge is 0.385 e. The Morgan fingerprint density at radius 1 is 1.05 bits per heavy atom. The summed E-state index contributed by atoms with van der Waals surface area (Å²) in [4.78, 5) is 0.123. The smallest absolute Gasteiger partial charge is 0.296 e. The lowest BCUT2D eigenvalue weighted by Crippen LogP contribution is -2.24. The molecule has 0 fully saturated rings. The first kappa shape index (κ1) is 16.7. The van der Waals surface area contributed by atoms with Gasteiger partial charge in [-0.15, -0.1) is 0 Å². The van der Waals surface area contributed by atoms with Crippen molar-refractivity contribution in [2.24, 2.45) is 0 Å². The maximum Gasteiger partial charge on any atom is 0.296 e. The summed E-state index contributed by atoms with van der Waals surface area (Å²) in [6.45, 7) is 3.44. The molecule has 0 aliphatic heterocycles. The zero-order valence-electron chi connectivity index (χ0n) is 12.7. The minimum atomic E-state index is -3.79. The van der Waals surface area contributed by atoms with Crippen LogP contribution in [-0.2, 0) is 19.9 Å². The van der Waals surface area contributed by atoms with Crippen LogP contribution in [-0.4, -0.2) is 20.1 Å². The summed E-state index contributed by atoms with van der Waals surface area (Å²) in [5.41, 5.74) is 0.571. The van der Waals surface area contributed by atoms with Gasteiger partial charge >= 0.3 is 0 Å². The molecule has 2 rings (SSSR count). The second-order valence-corrected chi connectivity index (χ2v) is 7.09. The Hall–Kier alpha value is -1.69. The Balaban J connectivity index is 1.99. The molecule has 0 spiro atoms. The Morgan fingerprint density at radius 2 is 1.64 bits per heavy atom. The molecule has 0 amide bonds. The molecule has 2 aromatic carbocycles. The lowest BCUT2D eigenvalue weighted by Gasteiger charge is -2.23. The first-order chi connectivity index (χ1) is 10.3. The summed E-state index contributed by atoms with van der Waals surface area (Å²) in [5, 5.41) is 10.4. The number of hydrogen-bond donors (Lipinski definition) is 1. The lowest BCUT2D eigenvalue weighted by atomic mass is 9.93. The van der Waals surface area contributed by atoms with Crippen LogP contribution in [0.3, 0.4) is 0 Å². The van der Waals surface area contributed by atoms with Gasteiger partial charge in [0.2, 0.25) is 0 Å². The van der Waals surface area contributed by atoms with Gasteiger partial charge < -0.3 is 5.11 Å². The first-order valence-corrected chi connectivity index (χ1v) is 8.46. The topological polar surface area (TPSA) is 63.6 Å². The molecule has 5 heteroatoms. The van der Waals surface area contributed by atoms with Crippen LogP contribution in [0.2, 0.25) is 0 Å². The van der Waals surface area contributed by atoms with Gasteiger partial charge in [-0.25, -0.2) is 0 Å². The van der Waals surface area contributed by atoms with Gasteiger partial charge in [-0.05, 0) is 31.5 Å². The fraction of sp³-hybridized carbons (Fsp3) is 0.294. The Morgan fingerprint density at radius 3 is 2.23 bits per heavy atom. The van der Waals surface area contributed by atoms with Crippen LogP contribution in [0.25, 0.3) is 0 Å². The van der Waals surface area contributed by atoms with E-state index in [4.69, 9.17) is 4.18 Å². The van der Waals surface area contributed by atoms with Crippen molar-refractivity contribution in [2.45, 2.75) is 30.8 Å². The van der Waals surface area contributed by atoms with Crippen molar-refractivity contribution in [3.05, 3.63) is 65.7 Å². The van der Waals surface area contributed by atoms with Gasteiger partial charge in [0.15, 0.2) is 0 Å². The molecule has 0 aromatic heterocycles. The summed E-state index contributed by atoms with van der Waals surface area (Å²) < 4.78 is 29.1. The van der Waals surface area contributed by atoms with Gasteiger partial charge in [0.1, 0.15) is 0 Å². The van der Waals surface area contributed by atoms with Crippen LogP contribution in [0.4, 0.5) is 0 Å². The third kappa shape index (κ3) is 4.16. The molecule has 0 heterocycles. The SMILES string of the molecule is Cc1ccc(S(=O)(=O)OCC[C@@](C)(O)c2ccccc2)cc1. The molecular weight excluding hydrogens is 300 g/mol. The van der Waals surface area contributed by atoms with E-state index >= 15 is 0 Å². The van der Waals surface area contributed by atoms with Crippen LogP contribution in [0, 0.1) is 6.92 Å². The van der Waals surface area contributed by atoms with Crippen LogP contribution >= 0.6 is 0 Å². The van der Waals surface area contributed by atoms with E-state index in [0.29, 0.717) is 0 Å².